The lowest BCUT2D eigenvalue weighted by Gasteiger charge is -2.04. The van der Waals surface area contributed by atoms with Crippen molar-refractivity contribution in [2.75, 3.05) is 6.54 Å². The normalized spacial score (nSPS) is 11.9. The summed E-state index contributed by atoms with van der Waals surface area (Å²) in [6.07, 6.45) is -3.89. The molecule has 36 heavy (non-hydrogen) atoms. The number of hydrogen-bond acceptors (Lipinski definition) is 6. The van der Waals surface area contributed by atoms with Crippen LogP contribution < -0.4 is 26.7 Å². The SMILES string of the molecule is N[C@@H](CCCCCC(=O)C[NH3+])c1[nH]c(-c2ccccc2)c[nH+]1.O=C([O-])C(F)(F)F.O=C([O-])C(F)(F)F. The average molecular weight is 528 g/mol. The average Bonchev–Trinajstić information content (AvgIpc) is 3.29. The van der Waals surface area contributed by atoms with Gasteiger partial charge >= 0.3 is 12.4 Å². The number of benzene rings is 1. The molecular formula is C21H26F6N4O5. The standard InChI is InChI=1S/C17H24N4O.2C2HF3O2/c18-11-14(22)9-5-2-6-10-15(19)17-20-12-16(21-17)13-7-3-1-4-8-13;2*3-2(4,5)1(6)7/h1,3-4,7-8,12,15H,2,5-6,9-11,18-19H2,(H,20,21);2*(H,6,7)/t15-;;/m0../s1. The third-order valence-corrected chi connectivity index (χ3v) is 4.31. The molecule has 0 saturated carbocycles. The molecule has 0 unspecified atom stereocenters. The number of imidazole rings is 1. The molecule has 0 fully saturated rings. The molecule has 202 valence electrons. The van der Waals surface area contributed by atoms with Gasteiger partial charge in [0.25, 0.3) is 5.82 Å². The maximum atomic E-state index is 11.2. The van der Waals surface area contributed by atoms with Crippen LogP contribution in [0.1, 0.15) is 44.0 Å². The first-order chi connectivity index (χ1) is 16.6. The topological polar surface area (TPSA) is 181 Å². The van der Waals surface area contributed by atoms with Crippen molar-refractivity contribution in [3.05, 3.63) is 42.4 Å². The van der Waals surface area contributed by atoms with Crippen LogP contribution >= 0.6 is 0 Å². The van der Waals surface area contributed by atoms with Crippen molar-refractivity contribution in [1.29, 1.82) is 0 Å². The van der Waals surface area contributed by atoms with Gasteiger partial charge in [0.15, 0.2) is 11.5 Å². The van der Waals surface area contributed by atoms with Gasteiger partial charge in [0, 0.05) is 12.0 Å². The number of ketones is 1. The number of aromatic amines is 2. The van der Waals surface area contributed by atoms with Gasteiger partial charge in [0.05, 0.1) is 0 Å². The van der Waals surface area contributed by atoms with E-state index in [9.17, 15) is 31.1 Å². The Kier molecular flexibility index (Phi) is 14.0. The smallest absolute Gasteiger partial charge is 0.430 e. The number of quaternary nitrogens is 1. The molecule has 15 heteroatoms. The Balaban J connectivity index is 0.000000720. The van der Waals surface area contributed by atoms with Crippen LogP contribution in [0.3, 0.4) is 0 Å². The van der Waals surface area contributed by atoms with Crippen molar-refractivity contribution in [2.24, 2.45) is 5.73 Å². The van der Waals surface area contributed by atoms with Crippen molar-refractivity contribution >= 4 is 17.7 Å². The molecular weight excluding hydrogens is 502 g/mol. The Morgan fingerprint density at radius 3 is 1.89 bits per heavy atom. The summed E-state index contributed by atoms with van der Waals surface area (Å²) in [6, 6.07) is 10.1. The molecule has 1 atom stereocenters. The van der Waals surface area contributed by atoms with E-state index in [1.165, 1.54) is 0 Å². The maximum Gasteiger partial charge on any atom is 0.430 e. The van der Waals surface area contributed by atoms with E-state index in [1.54, 1.807) is 0 Å². The van der Waals surface area contributed by atoms with E-state index in [2.05, 4.69) is 27.8 Å². The van der Waals surface area contributed by atoms with E-state index in [1.807, 2.05) is 24.4 Å². The van der Waals surface area contributed by atoms with Crippen LogP contribution in [0.4, 0.5) is 26.3 Å². The Hall–Kier alpha value is -3.46. The number of alkyl halides is 6. The zero-order valence-corrected chi connectivity index (χ0v) is 18.9. The molecule has 0 aliphatic carbocycles. The second-order valence-corrected chi connectivity index (χ2v) is 7.17. The van der Waals surface area contributed by atoms with Crippen LogP contribution in [0.2, 0.25) is 0 Å². The van der Waals surface area contributed by atoms with Crippen molar-refractivity contribution in [1.82, 2.24) is 4.98 Å². The number of carbonyl (C=O) groups excluding carboxylic acids is 3. The molecule has 1 aromatic heterocycles. The van der Waals surface area contributed by atoms with Crippen molar-refractivity contribution in [3.8, 4) is 11.3 Å². The lowest BCUT2D eigenvalue weighted by atomic mass is 10.1. The number of aromatic nitrogens is 2. The Bertz CT molecular complexity index is 924. The Labute approximate surface area is 201 Å². The highest BCUT2D eigenvalue weighted by Gasteiger charge is 2.29. The highest BCUT2D eigenvalue weighted by molar-refractivity contribution is 5.78. The Morgan fingerprint density at radius 1 is 0.944 bits per heavy atom. The minimum atomic E-state index is -5.19. The van der Waals surface area contributed by atoms with Crippen LogP contribution in [0.15, 0.2) is 36.5 Å². The third kappa shape index (κ3) is 14.1. The van der Waals surface area contributed by atoms with Gasteiger partial charge in [-0.15, -0.1) is 0 Å². The number of carboxylic acids is 2. The van der Waals surface area contributed by atoms with E-state index in [0.29, 0.717) is 13.0 Å². The summed E-state index contributed by atoms with van der Waals surface area (Å²) in [4.78, 5) is 35.3. The van der Waals surface area contributed by atoms with Gasteiger partial charge in [0.1, 0.15) is 30.7 Å². The van der Waals surface area contributed by atoms with E-state index < -0.39 is 24.3 Å². The first-order valence-electron chi connectivity index (χ1n) is 10.4. The number of hydrogen-bond donors (Lipinski definition) is 3. The number of halogens is 6. The summed E-state index contributed by atoms with van der Waals surface area (Å²) in [5.74, 6) is -4.82. The molecule has 0 amide bonds. The number of carbonyl (C=O) groups is 3. The highest BCUT2D eigenvalue weighted by atomic mass is 19.4. The van der Waals surface area contributed by atoms with Gasteiger partial charge in [-0.25, -0.2) is 9.97 Å². The van der Waals surface area contributed by atoms with Crippen LogP contribution in [0, 0.1) is 0 Å². The van der Waals surface area contributed by atoms with Crippen molar-refractivity contribution < 1.29 is 61.7 Å². The minimum Gasteiger partial charge on any atom is -0.542 e. The third-order valence-electron chi connectivity index (χ3n) is 4.31. The number of carboxylic acid groups (broad SMARTS) is 2. The quantitative estimate of drug-likeness (QED) is 0.301. The lowest BCUT2D eigenvalue weighted by molar-refractivity contribution is -0.391. The molecule has 0 spiro atoms. The summed E-state index contributed by atoms with van der Waals surface area (Å²) in [7, 11) is 0. The highest BCUT2D eigenvalue weighted by Crippen LogP contribution is 2.19. The summed E-state index contributed by atoms with van der Waals surface area (Å²) in [5.41, 5.74) is 12.0. The van der Waals surface area contributed by atoms with Gasteiger partial charge in [-0.2, -0.15) is 26.3 Å². The zero-order valence-electron chi connectivity index (χ0n) is 18.9. The molecule has 2 aromatic rings. The minimum absolute atomic E-state index is 0.0268. The van der Waals surface area contributed by atoms with Crippen LogP contribution in [-0.2, 0) is 14.4 Å². The number of unbranched alkanes of at least 4 members (excludes halogenated alkanes) is 2. The van der Waals surface area contributed by atoms with Gasteiger partial charge in [-0.3, -0.25) is 4.79 Å². The number of aliphatic carboxylic acids is 2. The second kappa shape index (κ2) is 15.5. The summed E-state index contributed by atoms with van der Waals surface area (Å²) in [6.45, 7) is 0.402. The number of H-pyrrole nitrogens is 2. The second-order valence-electron chi connectivity index (χ2n) is 7.17. The fourth-order valence-electron chi connectivity index (χ4n) is 2.47. The van der Waals surface area contributed by atoms with Gasteiger partial charge in [-0.05, 0) is 12.8 Å². The van der Waals surface area contributed by atoms with E-state index in [0.717, 1.165) is 42.8 Å². The van der Waals surface area contributed by atoms with Crippen LogP contribution in [0.25, 0.3) is 11.3 Å². The largest absolute Gasteiger partial charge is 0.542 e. The van der Waals surface area contributed by atoms with Gasteiger partial charge in [0.2, 0.25) is 0 Å². The molecule has 7 N–H and O–H groups in total. The van der Waals surface area contributed by atoms with E-state index >= 15 is 0 Å². The number of nitrogens with two attached hydrogens (primary N) is 1. The van der Waals surface area contributed by atoms with Gasteiger partial charge in [-0.1, -0.05) is 43.2 Å². The first-order valence-corrected chi connectivity index (χ1v) is 10.4. The van der Waals surface area contributed by atoms with Crippen molar-refractivity contribution in [3.63, 3.8) is 0 Å². The number of nitrogens with one attached hydrogen (secondary N) is 2. The molecule has 0 aliphatic heterocycles. The molecule has 9 nitrogen and oxygen atoms in total. The molecule has 0 radical (unpaired) electrons. The van der Waals surface area contributed by atoms with E-state index in [-0.39, 0.29) is 11.8 Å². The zero-order chi connectivity index (χ0) is 27.9. The number of rotatable bonds is 9. The molecule has 0 aliphatic rings. The maximum absolute atomic E-state index is 11.2. The van der Waals surface area contributed by atoms with E-state index in [4.69, 9.17) is 25.5 Å². The summed E-state index contributed by atoms with van der Waals surface area (Å²) in [5, 5.41) is 17.6. The first kappa shape index (κ1) is 32.5. The number of Topliss-reactive ketones (excluding diaryl/α,β-unsaturated/α-hetero) is 1. The van der Waals surface area contributed by atoms with Crippen LogP contribution in [-0.4, -0.2) is 41.6 Å². The summed E-state index contributed by atoms with van der Waals surface area (Å²) < 4.78 is 63.1. The monoisotopic (exact) mass is 528 g/mol. The molecule has 2 rings (SSSR count). The predicted molar refractivity (Wildman–Crippen MR) is 108 cm³/mol. The van der Waals surface area contributed by atoms with Crippen LogP contribution in [0.5, 0.6) is 0 Å². The predicted octanol–water partition coefficient (Wildman–Crippen LogP) is -0.146. The molecule has 0 saturated heterocycles. The Morgan fingerprint density at radius 2 is 1.44 bits per heavy atom. The molecule has 1 aromatic carbocycles. The fourth-order valence-corrected chi connectivity index (χ4v) is 2.47. The lowest BCUT2D eigenvalue weighted by Crippen LogP contribution is -2.54. The fraction of sp³-hybridized carbons (Fsp3) is 0.429. The van der Waals surface area contributed by atoms with Crippen molar-refractivity contribution in [2.45, 2.75) is 50.5 Å². The summed E-state index contributed by atoms with van der Waals surface area (Å²) >= 11 is 0. The van der Waals surface area contributed by atoms with Gasteiger partial charge < -0.3 is 31.3 Å². The molecule has 0 bridgehead atoms. The molecule has 1 heterocycles.